The highest BCUT2D eigenvalue weighted by atomic mass is 19.1. The van der Waals surface area contributed by atoms with Crippen molar-refractivity contribution in [3.8, 4) is 0 Å². The maximum absolute atomic E-state index is 12.7. The lowest BCUT2D eigenvalue weighted by atomic mass is 9.94. The van der Waals surface area contributed by atoms with E-state index in [2.05, 4.69) is 13.0 Å². The van der Waals surface area contributed by atoms with Gasteiger partial charge >= 0.3 is 0 Å². The van der Waals surface area contributed by atoms with E-state index in [1.807, 2.05) is 6.08 Å². The van der Waals surface area contributed by atoms with Crippen molar-refractivity contribution in [1.29, 1.82) is 0 Å². The minimum atomic E-state index is 0.0357. The lowest BCUT2D eigenvalue weighted by molar-refractivity contribution is 0.478. The van der Waals surface area contributed by atoms with Gasteiger partial charge in [-0.3, -0.25) is 0 Å². The third-order valence-corrected chi connectivity index (χ3v) is 2.05. The van der Waals surface area contributed by atoms with E-state index in [0.29, 0.717) is 12.3 Å². The minimum Gasteiger partial charge on any atom is -0.212 e. The summed E-state index contributed by atoms with van der Waals surface area (Å²) in [5, 5.41) is 0. The molecule has 0 N–H and O–H groups in total. The van der Waals surface area contributed by atoms with Crippen LogP contribution in [0.1, 0.15) is 32.6 Å². The molecule has 11 heavy (non-hydrogen) atoms. The smallest absolute Gasteiger partial charge is 0.100 e. The van der Waals surface area contributed by atoms with Gasteiger partial charge in [-0.2, -0.15) is 0 Å². The topological polar surface area (TPSA) is 0 Å². The molecule has 0 spiro atoms. The summed E-state index contributed by atoms with van der Waals surface area (Å²) in [6.45, 7) is 2.17. The second kappa shape index (κ2) is 4.32. The molecule has 0 heterocycles. The molecule has 0 nitrogen and oxygen atoms in total. The maximum atomic E-state index is 12.7. The molecule has 0 aromatic rings. The quantitative estimate of drug-likeness (QED) is 0.582. The summed E-state index contributed by atoms with van der Waals surface area (Å²) in [5.41, 5.74) is 0. The molecule has 1 rings (SSSR count). The van der Waals surface area contributed by atoms with Gasteiger partial charge in [-0.1, -0.05) is 31.9 Å². The fourth-order valence-electron chi connectivity index (χ4n) is 1.37. The molecule has 0 fully saturated rings. The van der Waals surface area contributed by atoms with Crippen LogP contribution in [0.5, 0.6) is 0 Å². The number of rotatable bonds is 3. The van der Waals surface area contributed by atoms with Crippen molar-refractivity contribution in [2.24, 2.45) is 5.92 Å². The summed E-state index contributed by atoms with van der Waals surface area (Å²) >= 11 is 0. The van der Waals surface area contributed by atoms with Gasteiger partial charge in [-0.05, 0) is 18.4 Å². The first-order chi connectivity index (χ1) is 5.33. The van der Waals surface area contributed by atoms with Crippen LogP contribution in [-0.2, 0) is 0 Å². The van der Waals surface area contributed by atoms with Crippen LogP contribution in [0.25, 0.3) is 0 Å². The van der Waals surface area contributed by atoms with Gasteiger partial charge in [0.2, 0.25) is 0 Å². The van der Waals surface area contributed by atoms with Gasteiger partial charge in [0.05, 0.1) is 0 Å². The first kappa shape index (κ1) is 8.51. The van der Waals surface area contributed by atoms with Gasteiger partial charge in [-0.15, -0.1) is 0 Å². The number of unbranched alkanes of at least 4 members (excludes halogenated alkanes) is 1. The fraction of sp³-hybridized carbons (Fsp3) is 0.600. The van der Waals surface area contributed by atoms with Crippen LogP contribution >= 0.6 is 0 Å². The van der Waals surface area contributed by atoms with Crippen LogP contribution < -0.4 is 0 Å². The molecule has 0 aromatic heterocycles. The van der Waals surface area contributed by atoms with Crippen LogP contribution in [0.4, 0.5) is 4.39 Å². The largest absolute Gasteiger partial charge is 0.212 e. The Morgan fingerprint density at radius 2 is 2.45 bits per heavy atom. The second-order valence-electron chi connectivity index (χ2n) is 3.10. The number of hydrogen-bond acceptors (Lipinski definition) is 0. The maximum Gasteiger partial charge on any atom is 0.100 e. The van der Waals surface area contributed by atoms with E-state index in [9.17, 15) is 4.39 Å². The van der Waals surface area contributed by atoms with Crippen LogP contribution in [0.15, 0.2) is 24.1 Å². The Labute approximate surface area is 67.8 Å². The molecule has 0 saturated carbocycles. The van der Waals surface area contributed by atoms with Crippen LogP contribution in [0.2, 0.25) is 0 Å². The summed E-state index contributed by atoms with van der Waals surface area (Å²) in [7, 11) is 0. The first-order valence-corrected chi connectivity index (χ1v) is 4.35. The summed E-state index contributed by atoms with van der Waals surface area (Å²) in [6.07, 6.45) is 9.67. The van der Waals surface area contributed by atoms with E-state index in [4.69, 9.17) is 0 Å². The zero-order chi connectivity index (χ0) is 8.10. The number of hydrogen-bond donors (Lipinski definition) is 0. The molecule has 0 unspecified atom stereocenters. The molecule has 1 heteroatoms. The Bertz CT molecular complexity index is 168. The lowest BCUT2D eigenvalue weighted by Crippen LogP contribution is -1.99. The summed E-state index contributed by atoms with van der Waals surface area (Å²) in [5.74, 6) is 0.494. The van der Waals surface area contributed by atoms with Crippen molar-refractivity contribution >= 4 is 0 Å². The Balaban J connectivity index is 2.28. The SMILES string of the molecule is CCCC[C@H]1C=CC=C(F)C1. The van der Waals surface area contributed by atoms with Crippen molar-refractivity contribution in [2.45, 2.75) is 32.6 Å². The average Bonchev–Trinajstić information content (AvgIpc) is 2.01. The van der Waals surface area contributed by atoms with Crippen molar-refractivity contribution in [3.05, 3.63) is 24.1 Å². The van der Waals surface area contributed by atoms with E-state index >= 15 is 0 Å². The van der Waals surface area contributed by atoms with Crippen LogP contribution in [-0.4, -0.2) is 0 Å². The van der Waals surface area contributed by atoms with E-state index in [1.165, 1.54) is 12.8 Å². The Morgan fingerprint density at radius 1 is 1.64 bits per heavy atom. The molecule has 62 valence electrons. The Hall–Kier alpha value is -0.590. The fourth-order valence-corrected chi connectivity index (χ4v) is 1.37. The zero-order valence-electron chi connectivity index (χ0n) is 7.02. The molecule has 0 bridgehead atoms. The molecule has 0 aromatic carbocycles. The van der Waals surface area contributed by atoms with Gasteiger partial charge in [-0.25, -0.2) is 4.39 Å². The van der Waals surface area contributed by atoms with Gasteiger partial charge in [0.15, 0.2) is 0 Å². The molecule has 1 aliphatic carbocycles. The Kier molecular flexibility index (Phi) is 3.34. The second-order valence-corrected chi connectivity index (χ2v) is 3.10. The predicted octanol–water partition coefficient (Wildman–Crippen LogP) is 3.61. The van der Waals surface area contributed by atoms with Gasteiger partial charge in [0.25, 0.3) is 0 Å². The average molecular weight is 154 g/mol. The number of halogens is 1. The molecule has 0 aliphatic heterocycles. The van der Waals surface area contributed by atoms with E-state index in [0.717, 1.165) is 6.42 Å². The van der Waals surface area contributed by atoms with Crippen molar-refractivity contribution < 1.29 is 4.39 Å². The monoisotopic (exact) mass is 154 g/mol. The molecule has 0 radical (unpaired) electrons. The van der Waals surface area contributed by atoms with Crippen molar-refractivity contribution in [1.82, 2.24) is 0 Å². The normalized spacial score (nSPS) is 23.5. The standard InChI is InChI=1S/C10H15F/c1-2-3-5-9-6-4-7-10(11)8-9/h4,6-7,9H,2-3,5,8H2,1H3/t9-/m0/s1. The molecule has 0 amide bonds. The zero-order valence-corrected chi connectivity index (χ0v) is 7.02. The molecule has 1 aliphatic rings. The lowest BCUT2D eigenvalue weighted by Gasteiger charge is -2.12. The van der Waals surface area contributed by atoms with Crippen molar-refractivity contribution in [2.75, 3.05) is 0 Å². The predicted molar refractivity (Wildman–Crippen MR) is 46.0 cm³/mol. The summed E-state index contributed by atoms with van der Waals surface area (Å²) < 4.78 is 12.7. The van der Waals surface area contributed by atoms with Gasteiger partial charge in [0, 0.05) is 6.42 Å². The third-order valence-electron chi connectivity index (χ3n) is 2.05. The van der Waals surface area contributed by atoms with Gasteiger partial charge in [0.1, 0.15) is 5.83 Å². The van der Waals surface area contributed by atoms with Crippen LogP contribution in [0, 0.1) is 5.92 Å². The third kappa shape index (κ3) is 2.87. The summed E-state index contributed by atoms with van der Waals surface area (Å²) in [4.78, 5) is 0. The van der Waals surface area contributed by atoms with Crippen LogP contribution in [0.3, 0.4) is 0 Å². The molecule has 0 saturated heterocycles. The van der Waals surface area contributed by atoms with Gasteiger partial charge < -0.3 is 0 Å². The minimum absolute atomic E-state index is 0.0357. The van der Waals surface area contributed by atoms with Crippen molar-refractivity contribution in [3.63, 3.8) is 0 Å². The highest BCUT2D eigenvalue weighted by Gasteiger charge is 2.09. The molecular formula is C10H15F. The molecule has 1 atom stereocenters. The highest BCUT2D eigenvalue weighted by Crippen LogP contribution is 2.23. The van der Waals surface area contributed by atoms with E-state index in [-0.39, 0.29) is 5.83 Å². The van der Waals surface area contributed by atoms with E-state index < -0.39 is 0 Å². The highest BCUT2D eigenvalue weighted by molar-refractivity contribution is 5.14. The number of allylic oxidation sites excluding steroid dienone is 4. The first-order valence-electron chi connectivity index (χ1n) is 4.35. The summed E-state index contributed by atoms with van der Waals surface area (Å²) in [6, 6.07) is 0. The Morgan fingerprint density at radius 3 is 3.09 bits per heavy atom. The molecular weight excluding hydrogens is 139 g/mol. The van der Waals surface area contributed by atoms with E-state index in [1.54, 1.807) is 6.08 Å².